The van der Waals surface area contributed by atoms with Crippen LogP contribution in [0.3, 0.4) is 0 Å². The first kappa shape index (κ1) is 39.4. The summed E-state index contributed by atoms with van der Waals surface area (Å²) in [7, 11) is 0. The summed E-state index contributed by atoms with van der Waals surface area (Å²) in [5, 5.41) is 22.3. The topological polar surface area (TPSA) is 93.1 Å². The number of rotatable bonds is 26. The van der Waals surface area contributed by atoms with Gasteiger partial charge in [-0.25, -0.2) is 0 Å². The van der Waals surface area contributed by atoms with Crippen molar-refractivity contribution in [3.63, 3.8) is 0 Å². The third-order valence-corrected chi connectivity index (χ3v) is 11.7. The molecule has 39 heavy (non-hydrogen) atoms. The fourth-order valence-electron chi connectivity index (χ4n) is 4.79. The van der Waals surface area contributed by atoms with E-state index in [2.05, 4.69) is 39.1 Å². The molecule has 0 rings (SSSR count). The van der Waals surface area contributed by atoms with E-state index in [0.29, 0.717) is 24.3 Å². The number of carbonyl (C=O) groups is 2. The molecule has 0 radical (unpaired) electrons. The van der Waals surface area contributed by atoms with E-state index >= 15 is 0 Å². The van der Waals surface area contributed by atoms with E-state index in [1.165, 1.54) is 64.2 Å². The Hall–Kier alpha value is 0.359. The molecule has 2 N–H and O–H groups in total. The van der Waals surface area contributed by atoms with Crippen molar-refractivity contribution in [2.45, 2.75) is 163 Å². The van der Waals surface area contributed by atoms with Gasteiger partial charge in [0.05, 0.1) is 0 Å². The van der Waals surface area contributed by atoms with Crippen LogP contribution >= 0.6 is 25.3 Å². The van der Waals surface area contributed by atoms with Crippen LogP contribution in [-0.2, 0) is 15.7 Å². The number of thiol groups is 2. The van der Waals surface area contributed by atoms with E-state index in [4.69, 9.17) is 6.15 Å². The van der Waals surface area contributed by atoms with E-state index in [9.17, 15) is 19.8 Å². The average molecular weight is 700 g/mol. The molecule has 0 aromatic heterocycles. The summed E-state index contributed by atoms with van der Waals surface area (Å²) in [5.41, 5.74) is -3.27. The molecule has 0 aliphatic rings. The normalized spacial score (nSPS) is 15.0. The number of hydrogen-bond acceptors (Lipinski definition) is 8. The fourth-order valence-corrected chi connectivity index (χ4v) is 9.28. The number of carbonyl (C=O) groups excluding carboxylic acids is 2. The third-order valence-electron chi connectivity index (χ3n) is 7.38. The second kappa shape index (κ2) is 22.9. The van der Waals surface area contributed by atoms with Gasteiger partial charge in [0, 0.05) is 0 Å². The quantitative estimate of drug-likeness (QED) is 0.0417. The predicted octanol–water partition coefficient (Wildman–Crippen LogP) is 7.94. The molecule has 6 nitrogen and oxygen atoms in total. The maximum atomic E-state index is 13.1. The van der Waals surface area contributed by atoms with Crippen LogP contribution in [0.4, 0.5) is 0 Å². The van der Waals surface area contributed by atoms with Gasteiger partial charge < -0.3 is 0 Å². The van der Waals surface area contributed by atoms with Crippen LogP contribution in [0.25, 0.3) is 0 Å². The number of unbranched alkanes of at least 4 members (excludes halogenated alkanes) is 14. The van der Waals surface area contributed by atoms with Gasteiger partial charge in [-0.3, -0.25) is 0 Å². The van der Waals surface area contributed by atoms with Crippen LogP contribution in [0.5, 0.6) is 0 Å². The summed E-state index contributed by atoms with van der Waals surface area (Å²) in [6.07, 6.45) is 18.8. The molecule has 9 heteroatoms. The average Bonchev–Trinajstić information content (AvgIpc) is 2.87. The Morgan fingerprint density at radius 2 is 0.846 bits per heavy atom. The molecule has 0 aliphatic carbocycles. The summed E-state index contributed by atoms with van der Waals surface area (Å²) >= 11 is 4.30. The standard InChI is InChI=1S/2C14H28O3S.2CH3.Sn/c2*1-2-3-4-5-6-7-8-9-10-14(17,11-12-18)13(15)16;;;/h2*17-18H,2-12H2,1H3,(H,15,16);2*1H3;/q;;;;+2/p-2. The Morgan fingerprint density at radius 1 is 0.564 bits per heavy atom. The first-order chi connectivity index (χ1) is 18.5. The molecule has 0 amide bonds. The van der Waals surface area contributed by atoms with E-state index in [1.807, 2.05) is 0 Å². The molecule has 0 bridgehead atoms. The zero-order valence-electron chi connectivity index (χ0n) is 25.5. The molecule has 0 saturated heterocycles. The number of aliphatic hydroxyl groups is 2. The van der Waals surface area contributed by atoms with Crippen molar-refractivity contribution in [2.24, 2.45) is 0 Å². The third kappa shape index (κ3) is 18.5. The van der Waals surface area contributed by atoms with Crippen molar-refractivity contribution >= 4 is 56.4 Å². The van der Waals surface area contributed by atoms with Gasteiger partial charge in [0.2, 0.25) is 0 Å². The van der Waals surface area contributed by atoms with Gasteiger partial charge in [-0.1, -0.05) is 13.8 Å². The summed E-state index contributed by atoms with van der Waals surface area (Å²) in [4.78, 5) is 29.5. The molecule has 0 fully saturated rings. The summed E-state index contributed by atoms with van der Waals surface area (Å²) < 4.78 is 11.5. The maximum absolute atomic E-state index is 13.1. The van der Waals surface area contributed by atoms with Crippen molar-refractivity contribution in [1.82, 2.24) is 0 Å². The molecule has 0 heterocycles. The first-order valence-electron chi connectivity index (χ1n) is 15.6. The van der Waals surface area contributed by atoms with Crippen LogP contribution in [0.2, 0.25) is 9.88 Å². The zero-order chi connectivity index (χ0) is 29.6. The zero-order valence-corrected chi connectivity index (χ0v) is 30.1. The number of hydrogen-bond donors (Lipinski definition) is 4. The second-order valence-electron chi connectivity index (χ2n) is 11.6. The molecule has 0 aliphatic heterocycles. The van der Waals surface area contributed by atoms with Crippen molar-refractivity contribution in [1.29, 1.82) is 0 Å². The summed E-state index contributed by atoms with van der Waals surface area (Å²) in [6.45, 7) is 4.41. The molecule has 0 aromatic carbocycles. The van der Waals surface area contributed by atoms with E-state index < -0.39 is 42.3 Å². The van der Waals surface area contributed by atoms with Gasteiger partial charge in [-0.05, 0) is 0 Å². The molecule has 0 spiro atoms. The first-order valence-corrected chi connectivity index (χ1v) is 24.9. The van der Waals surface area contributed by atoms with Gasteiger partial charge in [-0.15, -0.1) is 0 Å². The van der Waals surface area contributed by atoms with E-state index in [0.717, 1.165) is 38.5 Å². The Labute approximate surface area is 255 Å². The predicted molar refractivity (Wildman–Crippen MR) is 171 cm³/mol. The van der Waals surface area contributed by atoms with Crippen LogP contribution in [0, 0.1) is 0 Å². The minimum atomic E-state index is -4.19. The van der Waals surface area contributed by atoms with Crippen LogP contribution in [0.15, 0.2) is 0 Å². The molecular weight excluding hydrogens is 639 g/mol. The van der Waals surface area contributed by atoms with Gasteiger partial charge >= 0.3 is 243 Å². The smallest absolute Gasteiger partial charge is 0.0654 e. The molecule has 0 aromatic rings. The van der Waals surface area contributed by atoms with Crippen LogP contribution < -0.4 is 0 Å². The summed E-state index contributed by atoms with van der Waals surface area (Å²) in [6, 6.07) is 0. The van der Waals surface area contributed by atoms with Gasteiger partial charge in [0.15, 0.2) is 0 Å². The minimum absolute atomic E-state index is 0.184. The van der Waals surface area contributed by atoms with Gasteiger partial charge in [0.1, 0.15) is 0 Å². The Morgan fingerprint density at radius 3 is 1.13 bits per heavy atom. The fraction of sp³-hybridized carbons (Fsp3) is 0.933. The van der Waals surface area contributed by atoms with Gasteiger partial charge in [-0.2, -0.15) is 0 Å². The molecule has 232 valence electrons. The van der Waals surface area contributed by atoms with E-state index in [1.54, 1.807) is 9.88 Å². The summed E-state index contributed by atoms with van der Waals surface area (Å²) in [5.74, 6) is -0.764. The Balaban J connectivity index is 4.84. The SMILES string of the molecule is CCCCCCCCCCC(O)(CCS)C(=O)[O][Sn]([CH3])([CH3])[O]C(=O)C(O)(CCS)CCCCCCCCCC. The molecular formula is C30H60O6S2Sn. The molecule has 2 atom stereocenters. The van der Waals surface area contributed by atoms with Crippen LogP contribution in [0.1, 0.15) is 142 Å². The van der Waals surface area contributed by atoms with Crippen molar-refractivity contribution in [3.05, 3.63) is 0 Å². The van der Waals surface area contributed by atoms with Crippen molar-refractivity contribution in [3.8, 4) is 0 Å². The van der Waals surface area contributed by atoms with Crippen LogP contribution in [-0.4, -0.2) is 64.1 Å². The minimum Gasteiger partial charge on any atom is -0.0654 e. The Kier molecular flexibility index (Phi) is 23.1. The molecule has 0 saturated carbocycles. The monoisotopic (exact) mass is 700 g/mol. The van der Waals surface area contributed by atoms with Crippen molar-refractivity contribution in [2.75, 3.05) is 11.5 Å². The van der Waals surface area contributed by atoms with E-state index in [-0.39, 0.29) is 12.8 Å². The van der Waals surface area contributed by atoms with Crippen molar-refractivity contribution < 1.29 is 26.0 Å². The molecule has 2 unspecified atom stereocenters. The van der Waals surface area contributed by atoms with Gasteiger partial charge in [0.25, 0.3) is 0 Å². The Bertz CT molecular complexity index is 599. The second-order valence-corrected chi connectivity index (χ2v) is 21.7.